The lowest BCUT2D eigenvalue weighted by atomic mass is 9.89. The molecule has 3 rings (SSSR count). The molecule has 2 heterocycles. The van der Waals surface area contributed by atoms with Gasteiger partial charge >= 0.3 is 5.97 Å². The molecule has 2 fully saturated rings. The SMILES string of the molecule is CC1CC(C(=O)O)CN(C2CCN(c3ccc(Cl)c(F)c3)C2=O)C1. The third-order valence-corrected chi connectivity index (χ3v) is 5.18. The van der Waals surface area contributed by atoms with Gasteiger partial charge in [0.05, 0.1) is 17.0 Å². The minimum Gasteiger partial charge on any atom is -0.481 e. The van der Waals surface area contributed by atoms with E-state index in [9.17, 15) is 19.1 Å². The third-order valence-electron chi connectivity index (χ3n) is 4.87. The van der Waals surface area contributed by atoms with E-state index in [-0.39, 0.29) is 22.9 Å². The number of hydrogen-bond acceptors (Lipinski definition) is 3. The fourth-order valence-corrected chi connectivity index (χ4v) is 3.86. The molecule has 3 atom stereocenters. The molecule has 24 heavy (non-hydrogen) atoms. The number of carbonyl (C=O) groups is 2. The smallest absolute Gasteiger partial charge is 0.307 e. The predicted molar refractivity (Wildman–Crippen MR) is 88.6 cm³/mol. The Balaban J connectivity index is 1.75. The summed E-state index contributed by atoms with van der Waals surface area (Å²) < 4.78 is 13.7. The van der Waals surface area contributed by atoms with Crippen LogP contribution in [0.5, 0.6) is 0 Å². The number of benzene rings is 1. The molecule has 3 unspecified atom stereocenters. The summed E-state index contributed by atoms with van der Waals surface area (Å²) in [6.45, 7) is 3.60. The van der Waals surface area contributed by atoms with Crippen molar-refractivity contribution in [2.45, 2.75) is 25.8 Å². The zero-order valence-corrected chi connectivity index (χ0v) is 14.2. The van der Waals surface area contributed by atoms with Crippen LogP contribution >= 0.6 is 11.6 Å². The van der Waals surface area contributed by atoms with Gasteiger partial charge in [0.2, 0.25) is 5.91 Å². The van der Waals surface area contributed by atoms with Crippen molar-refractivity contribution >= 4 is 29.2 Å². The Kier molecular flexibility index (Phi) is 4.78. The lowest BCUT2D eigenvalue weighted by molar-refractivity contribution is -0.145. The highest BCUT2D eigenvalue weighted by Crippen LogP contribution is 2.31. The highest BCUT2D eigenvalue weighted by atomic mass is 35.5. The van der Waals surface area contributed by atoms with Crippen molar-refractivity contribution in [2.24, 2.45) is 11.8 Å². The van der Waals surface area contributed by atoms with Gasteiger partial charge in [0, 0.05) is 25.3 Å². The first kappa shape index (κ1) is 17.2. The zero-order valence-electron chi connectivity index (χ0n) is 13.4. The Morgan fingerprint density at radius 1 is 1.38 bits per heavy atom. The maximum atomic E-state index is 13.7. The number of amides is 1. The molecule has 1 aromatic carbocycles. The number of piperidine rings is 1. The summed E-state index contributed by atoms with van der Waals surface area (Å²) in [5.41, 5.74) is 0.490. The fourth-order valence-electron chi connectivity index (χ4n) is 3.74. The minimum atomic E-state index is -0.811. The van der Waals surface area contributed by atoms with Crippen LogP contribution < -0.4 is 4.90 Å². The number of nitrogens with zero attached hydrogens (tertiary/aromatic N) is 2. The van der Waals surface area contributed by atoms with Crippen molar-refractivity contribution < 1.29 is 19.1 Å². The van der Waals surface area contributed by atoms with Crippen molar-refractivity contribution in [2.75, 3.05) is 24.5 Å². The van der Waals surface area contributed by atoms with Gasteiger partial charge < -0.3 is 10.0 Å². The van der Waals surface area contributed by atoms with E-state index in [0.717, 1.165) is 0 Å². The van der Waals surface area contributed by atoms with E-state index < -0.39 is 17.7 Å². The van der Waals surface area contributed by atoms with Gasteiger partial charge in [-0.15, -0.1) is 0 Å². The van der Waals surface area contributed by atoms with Gasteiger partial charge in [0.15, 0.2) is 0 Å². The van der Waals surface area contributed by atoms with E-state index in [1.165, 1.54) is 12.1 Å². The number of halogens is 2. The van der Waals surface area contributed by atoms with Crippen LogP contribution in [0.15, 0.2) is 18.2 Å². The number of likely N-dealkylation sites (tertiary alicyclic amines) is 1. The Morgan fingerprint density at radius 3 is 2.79 bits per heavy atom. The molecule has 2 saturated heterocycles. The Labute approximate surface area is 145 Å². The summed E-state index contributed by atoms with van der Waals surface area (Å²) >= 11 is 5.69. The first-order valence-corrected chi connectivity index (χ1v) is 8.48. The topological polar surface area (TPSA) is 60.9 Å². The molecule has 5 nitrogen and oxygen atoms in total. The van der Waals surface area contributed by atoms with Crippen molar-refractivity contribution in [1.82, 2.24) is 4.90 Å². The standard InChI is InChI=1S/C17H20ClFN2O3/c1-10-6-11(17(23)24)9-20(8-10)15-4-5-21(16(15)22)12-2-3-13(18)14(19)7-12/h2-3,7,10-11,15H,4-6,8-9H2,1H3,(H,23,24). The molecule has 0 aromatic heterocycles. The van der Waals surface area contributed by atoms with Crippen LogP contribution in [-0.4, -0.2) is 47.6 Å². The van der Waals surface area contributed by atoms with E-state index >= 15 is 0 Å². The molecule has 0 spiro atoms. The van der Waals surface area contributed by atoms with Gasteiger partial charge in [-0.3, -0.25) is 14.5 Å². The second-order valence-corrected chi connectivity index (χ2v) is 7.13. The van der Waals surface area contributed by atoms with Gasteiger partial charge in [0.25, 0.3) is 0 Å². The number of carboxylic acids is 1. The molecule has 2 aliphatic rings. The van der Waals surface area contributed by atoms with E-state index in [4.69, 9.17) is 11.6 Å². The monoisotopic (exact) mass is 354 g/mol. The van der Waals surface area contributed by atoms with Crippen molar-refractivity contribution in [1.29, 1.82) is 0 Å². The number of carboxylic acid groups (broad SMARTS) is 1. The lowest BCUT2D eigenvalue weighted by Gasteiger charge is -2.37. The molecule has 0 saturated carbocycles. The maximum absolute atomic E-state index is 13.7. The van der Waals surface area contributed by atoms with Crippen LogP contribution in [0.25, 0.3) is 0 Å². The quantitative estimate of drug-likeness (QED) is 0.906. The third kappa shape index (κ3) is 3.26. The molecule has 1 N–H and O–H groups in total. The highest BCUT2D eigenvalue weighted by molar-refractivity contribution is 6.30. The molecule has 0 radical (unpaired) electrons. The maximum Gasteiger partial charge on any atom is 0.307 e. The van der Waals surface area contributed by atoms with Gasteiger partial charge in [-0.1, -0.05) is 18.5 Å². The van der Waals surface area contributed by atoms with Crippen molar-refractivity contribution in [3.05, 3.63) is 29.0 Å². The minimum absolute atomic E-state index is 0.0242. The van der Waals surface area contributed by atoms with Crippen molar-refractivity contribution in [3.63, 3.8) is 0 Å². The summed E-state index contributed by atoms with van der Waals surface area (Å²) in [5, 5.41) is 9.32. The van der Waals surface area contributed by atoms with Crippen LogP contribution in [0.1, 0.15) is 19.8 Å². The van der Waals surface area contributed by atoms with E-state index in [1.54, 1.807) is 11.0 Å². The van der Waals surface area contributed by atoms with Crippen LogP contribution in [0, 0.1) is 17.7 Å². The summed E-state index contributed by atoms with van der Waals surface area (Å²) in [7, 11) is 0. The average Bonchev–Trinajstić information content (AvgIpc) is 2.91. The molecular formula is C17H20ClFN2O3. The van der Waals surface area contributed by atoms with Gasteiger partial charge in [-0.05, 0) is 37.0 Å². The number of rotatable bonds is 3. The first-order valence-electron chi connectivity index (χ1n) is 8.10. The van der Waals surface area contributed by atoms with Crippen LogP contribution in [-0.2, 0) is 9.59 Å². The molecule has 130 valence electrons. The van der Waals surface area contributed by atoms with Crippen LogP contribution in [0.4, 0.5) is 10.1 Å². The zero-order chi connectivity index (χ0) is 17.4. The second-order valence-electron chi connectivity index (χ2n) is 6.72. The largest absolute Gasteiger partial charge is 0.481 e. The summed E-state index contributed by atoms with van der Waals surface area (Å²) in [6, 6.07) is 4.00. The first-order chi connectivity index (χ1) is 11.4. The molecule has 0 aliphatic carbocycles. The number of aliphatic carboxylic acids is 1. The van der Waals surface area contributed by atoms with Gasteiger partial charge in [-0.25, -0.2) is 4.39 Å². The van der Waals surface area contributed by atoms with E-state index in [0.29, 0.717) is 38.2 Å². The number of hydrogen-bond donors (Lipinski definition) is 1. The van der Waals surface area contributed by atoms with E-state index in [1.807, 2.05) is 11.8 Å². The Morgan fingerprint density at radius 2 is 2.12 bits per heavy atom. The number of carbonyl (C=O) groups excluding carboxylic acids is 1. The molecule has 1 aromatic rings. The number of anilines is 1. The summed E-state index contributed by atoms with van der Waals surface area (Å²) in [5.74, 6) is -1.68. The average molecular weight is 355 g/mol. The fraction of sp³-hybridized carbons (Fsp3) is 0.529. The lowest BCUT2D eigenvalue weighted by Crippen LogP contribution is -2.50. The van der Waals surface area contributed by atoms with Crippen LogP contribution in [0.2, 0.25) is 5.02 Å². The predicted octanol–water partition coefficient (Wildman–Crippen LogP) is 2.63. The molecule has 2 aliphatic heterocycles. The summed E-state index contributed by atoms with van der Waals surface area (Å²) in [4.78, 5) is 27.6. The molecule has 7 heteroatoms. The van der Waals surface area contributed by atoms with Gasteiger partial charge in [0.1, 0.15) is 5.82 Å². The normalized spacial score (nSPS) is 28.4. The Bertz CT molecular complexity index is 669. The molecular weight excluding hydrogens is 335 g/mol. The van der Waals surface area contributed by atoms with E-state index in [2.05, 4.69) is 0 Å². The van der Waals surface area contributed by atoms with Gasteiger partial charge in [-0.2, -0.15) is 0 Å². The summed E-state index contributed by atoms with van der Waals surface area (Å²) in [6.07, 6.45) is 1.25. The molecule has 1 amide bonds. The Hall–Kier alpha value is -1.66. The molecule has 0 bridgehead atoms. The highest BCUT2D eigenvalue weighted by Gasteiger charge is 2.41. The van der Waals surface area contributed by atoms with Crippen molar-refractivity contribution in [3.8, 4) is 0 Å². The van der Waals surface area contributed by atoms with Crippen LogP contribution in [0.3, 0.4) is 0 Å². The second kappa shape index (κ2) is 6.69.